The van der Waals surface area contributed by atoms with Crippen LogP contribution >= 0.6 is 22.7 Å². The molecule has 0 spiro atoms. The number of hydrogen-bond donors (Lipinski definition) is 0. The first-order valence-corrected chi connectivity index (χ1v) is 8.85. The van der Waals surface area contributed by atoms with Crippen molar-refractivity contribution in [2.75, 3.05) is 0 Å². The summed E-state index contributed by atoms with van der Waals surface area (Å²) in [5.74, 6) is -0.335. The third-order valence-electron chi connectivity index (χ3n) is 3.29. The number of carbonyl (C=O) groups excluding carboxylic acids is 1. The lowest BCUT2D eigenvalue weighted by molar-refractivity contribution is 0.0473. The maximum Gasteiger partial charge on any atom is 0.350 e. The average molecular weight is 344 g/mol. The van der Waals surface area contributed by atoms with Crippen LogP contribution in [0.3, 0.4) is 0 Å². The van der Waals surface area contributed by atoms with Crippen molar-refractivity contribution >= 4 is 28.6 Å². The molecular weight excluding hydrogens is 328 g/mol. The van der Waals surface area contributed by atoms with Crippen molar-refractivity contribution in [3.63, 3.8) is 0 Å². The van der Waals surface area contributed by atoms with E-state index >= 15 is 0 Å². The molecule has 3 aromatic rings. The minimum Gasteiger partial charge on any atom is -0.455 e. The van der Waals surface area contributed by atoms with Gasteiger partial charge in [-0.25, -0.2) is 14.8 Å². The Labute approximate surface area is 142 Å². The van der Waals surface area contributed by atoms with Crippen LogP contribution in [-0.2, 0) is 11.3 Å². The number of rotatable bonds is 4. The fourth-order valence-electron chi connectivity index (χ4n) is 2.13. The van der Waals surface area contributed by atoms with Crippen molar-refractivity contribution in [2.45, 2.75) is 27.4 Å². The van der Waals surface area contributed by atoms with Crippen LogP contribution in [0.15, 0.2) is 29.6 Å². The van der Waals surface area contributed by atoms with Crippen LogP contribution in [0, 0.1) is 20.8 Å². The molecule has 0 saturated heterocycles. The van der Waals surface area contributed by atoms with Crippen molar-refractivity contribution in [3.05, 3.63) is 56.5 Å². The van der Waals surface area contributed by atoms with Crippen molar-refractivity contribution in [3.8, 4) is 10.6 Å². The number of esters is 1. The summed E-state index contributed by atoms with van der Waals surface area (Å²) in [5, 5.41) is 3.72. The van der Waals surface area contributed by atoms with Crippen LogP contribution in [0.2, 0.25) is 0 Å². The van der Waals surface area contributed by atoms with Gasteiger partial charge in [0.25, 0.3) is 0 Å². The fraction of sp³-hybridized carbons (Fsp3) is 0.235. The van der Waals surface area contributed by atoms with E-state index in [-0.39, 0.29) is 12.6 Å². The highest BCUT2D eigenvalue weighted by Crippen LogP contribution is 2.25. The van der Waals surface area contributed by atoms with E-state index in [1.54, 1.807) is 11.3 Å². The molecule has 4 nitrogen and oxygen atoms in total. The molecule has 2 aromatic heterocycles. The molecule has 0 unspecified atom stereocenters. The zero-order valence-corrected chi connectivity index (χ0v) is 14.8. The molecule has 0 aliphatic carbocycles. The summed E-state index contributed by atoms with van der Waals surface area (Å²) in [6.07, 6.45) is 0. The van der Waals surface area contributed by atoms with E-state index in [1.165, 1.54) is 16.9 Å². The Kier molecular flexibility index (Phi) is 4.54. The summed E-state index contributed by atoms with van der Waals surface area (Å²) in [6, 6.07) is 8.22. The average Bonchev–Trinajstić information content (AvgIpc) is 3.12. The Morgan fingerprint density at radius 3 is 2.52 bits per heavy atom. The number of carbonyl (C=O) groups is 1. The Bertz CT molecular complexity index is 835. The minimum atomic E-state index is -0.335. The van der Waals surface area contributed by atoms with Gasteiger partial charge in [-0.15, -0.1) is 22.7 Å². The molecule has 0 fully saturated rings. The number of hydrogen-bond acceptors (Lipinski definition) is 6. The molecule has 0 bridgehead atoms. The molecule has 2 heterocycles. The van der Waals surface area contributed by atoms with E-state index in [4.69, 9.17) is 4.74 Å². The van der Waals surface area contributed by atoms with Gasteiger partial charge in [0.2, 0.25) is 0 Å². The van der Waals surface area contributed by atoms with Crippen LogP contribution in [0.25, 0.3) is 10.6 Å². The number of aromatic nitrogens is 2. The van der Waals surface area contributed by atoms with Gasteiger partial charge in [-0.05, 0) is 20.8 Å². The third kappa shape index (κ3) is 3.65. The zero-order chi connectivity index (χ0) is 16.4. The normalized spacial score (nSPS) is 10.7. The first-order valence-electron chi connectivity index (χ1n) is 7.15. The van der Waals surface area contributed by atoms with Gasteiger partial charge in [-0.2, -0.15) is 0 Å². The van der Waals surface area contributed by atoms with E-state index < -0.39 is 0 Å². The van der Waals surface area contributed by atoms with Gasteiger partial charge in [0.15, 0.2) is 0 Å². The molecule has 0 atom stereocenters. The lowest BCUT2D eigenvalue weighted by Gasteiger charge is -2.01. The summed E-state index contributed by atoms with van der Waals surface area (Å²) >= 11 is 2.91. The SMILES string of the molecule is Cc1ccc(-c2nc(COC(=O)c3sc(C)nc3C)cs2)cc1. The van der Waals surface area contributed by atoms with Gasteiger partial charge in [0.05, 0.1) is 16.4 Å². The molecule has 0 saturated carbocycles. The van der Waals surface area contributed by atoms with E-state index in [9.17, 15) is 4.79 Å². The Balaban J connectivity index is 1.66. The predicted octanol–water partition coefficient (Wildman–Crippen LogP) is 4.55. The van der Waals surface area contributed by atoms with E-state index in [0.717, 1.165) is 27.0 Å². The van der Waals surface area contributed by atoms with E-state index in [0.29, 0.717) is 4.88 Å². The van der Waals surface area contributed by atoms with Gasteiger partial charge in [-0.3, -0.25) is 0 Å². The van der Waals surface area contributed by atoms with Crippen LogP contribution in [0.4, 0.5) is 0 Å². The zero-order valence-electron chi connectivity index (χ0n) is 13.1. The van der Waals surface area contributed by atoms with Gasteiger partial charge < -0.3 is 4.74 Å². The molecule has 6 heteroatoms. The Morgan fingerprint density at radius 2 is 1.87 bits per heavy atom. The van der Waals surface area contributed by atoms with Crippen molar-refractivity contribution < 1.29 is 9.53 Å². The van der Waals surface area contributed by atoms with Crippen molar-refractivity contribution in [1.29, 1.82) is 0 Å². The van der Waals surface area contributed by atoms with Gasteiger partial charge in [0, 0.05) is 10.9 Å². The first kappa shape index (κ1) is 15.8. The molecule has 0 amide bonds. The monoisotopic (exact) mass is 344 g/mol. The maximum absolute atomic E-state index is 12.1. The van der Waals surface area contributed by atoms with Gasteiger partial charge in [0.1, 0.15) is 16.5 Å². The third-order valence-corrected chi connectivity index (χ3v) is 5.28. The highest BCUT2D eigenvalue weighted by molar-refractivity contribution is 7.13. The molecule has 0 N–H and O–H groups in total. The highest BCUT2D eigenvalue weighted by Gasteiger charge is 2.16. The quantitative estimate of drug-likeness (QED) is 0.652. The van der Waals surface area contributed by atoms with Crippen LogP contribution in [0.5, 0.6) is 0 Å². The van der Waals surface area contributed by atoms with Crippen LogP contribution in [-0.4, -0.2) is 15.9 Å². The molecule has 0 aliphatic rings. The fourth-order valence-corrected chi connectivity index (χ4v) is 3.75. The Morgan fingerprint density at radius 1 is 1.13 bits per heavy atom. The molecular formula is C17H16N2O2S2. The topological polar surface area (TPSA) is 52.1 Å². The maximum atomic E-state index is 12.1. The molecule has 0 radical (unpaired) electrons. The second kappa shape index (κ2) is 6.60. The van der Waals surface area contributed by atoms with E-state index in [2.05, 4.69) is 29.0 Å². The van der Waals surface area contributed by atoms with E-state index in [1.807, 2.05) is 31.4 Å². The highest BCUT2D eigenvalue weighted by atomic mass is 32.1. The number of aryl methyl sites for hydroxylation is 3. The van der Waals surface area contributed by atoms with Gasteiger partial charge in [-0.1, -0.05) is 29.8 Å². The van der Waals surface area contributed by atoms with Crippen molar-refractivity contribution in [1.82, 2.24) is 9.97 Å². The number of nitrogens with zero attached hydrogens (tertiary/aromatic N) is 2. The Hall–Kier alpha value is -2.05. The van der Waals surface area contributed by atoms with Gasteiger partial charge >= 0.3 is 5.97 Å². The molecule has 118 valence electrons. The number of ether oxygens (including phenoxy) is 1. The second-order valence-corrected chi connectivity index (χ2v) is 7.29. The predicted molar refractivity (Wildman–Crippen MR) is 93.0 cm³/mol. The largest absolute Gasteiger partial charge is 0.455 e. The van der Waals surface area contributed by atoms with Crippen molar-refractivity contribution in [2.24, 2.45) is 0 Å². The first-order chi connectivity index (χ1) is 11.0. The molecule has 0 aliphatic heterocycles. The smallest absolute Gasteiger partial charge is 0.350 e. The summed E-state index contributed by atoms with van der Waals surface area (Å²) in [5.41, 5.74) is 3.77. The number of thiazole rings is 2. The molecule has 1 aromatic carbocycles. The second-order valence-electron chi connectivity index (χ2n) is 5.23. The molecule has 3 rings (SSSR count). The van der Waals surface area contributed by atoms with Crippen LogP contribution in [0.1, 0.15) is 31.6 Å². The lowest BCUT2D eigenvalue weighted by atomic mass is 10.2. The summed E-state index contributed by atoms with van der Waals surface area (Å²) in [7, 11) is 0. The lowest BCUT2D eigenvalue weighted by Crippen LogP contribution is -2.05. The summed E-state index contributed by atoms with van der Waals surface area (Å²) in [6.45, 7) is 5.93. The standard InChI is InChI=1S/C17H16N2O2S2/c1-10-4-6-13(7-5-10)16-19-14(9-22-16)8-21-17(20)15-11(2)18-12(3)23-15/h4-7,9H,8H2,1-3H3. The number of benzene rings is 1. The summed E-state index contributed by atoms with van der Waals surface area (Å²) in [4.78, 5) is 21.4. The van der Waals surface area contributed by atoms with Crippen LogP contribution < -0.4 is 0 Å². The molecule has 23 heavy (non-hydrogen) atoms. The summed E-state index contributed by atoms with van der Waals surface area (Å²) < 4.78 is 5.35. The minimum absolute atomic E-state index is 0.178.